The number of benzene rings is 4. The highest BCUT2D eigenvalue weighted by Crippen LogP contribution is 2.44. The van der Waals surface area contributed by atoms with Crippen molar-refractivity contribution in [1.29, 1.82) is 0 Å². The summed E-state index contributed by atoms with van der Waals surface area (Å²) in [4.78, 5) is 45.6. The molecule has 1 fully saturated rings. The maximum atomic E-state index is 13.8. The Labute approximate surface area is 262 Å². The van der Waals surface area contributed by atoms with Gasteiger partial charge in [0, 0.05) is 18.8 Å². The summed E-state index contributed by atoms with van der Waals surface area (Å²) >= 11 is 0. The van der Waals surface area contributed by atoms with Gasteiger partial charge in [-0.05, 0) is 46.9 Å². The van der Waals surface area contributed by atoms with Crippen LogP contribution in [0.3, 0.4) is 0 Å². The monoisotopic (exact) mass is 605 g/mol. The number of alkyl carbamates (subject to hydrolysis) is 1. The van der Waals surface area contributed by atoms with Crippen LogP contribution in [0.5, 0.6) is 0 Å². The first kappa shape index (κ1) is 29.9. The molecule has 0 radical (unpaired) electrons. The normalized spacial score (nSPS) is 17.6. The van der Waals surface area contributed by atoms with Gasteiger partial charge in [-0.3, -0.25) is 9.63 Å². The van der Waals surface area contributed by atoms with Crippen LogP contribution in [-0.2, 0) is 30.3 Å². The third kappa shape index (κ3) is 6.68. The summed E-state index contributed by atoms with van der Waals surface area (Å²) in [6.07, 6.45) is -1.87. The number of hydrogen-bond acceptors (Lipinski definition) is 7. The van der Waals surface area contributed by atoms with E-state index in [0.717, 1.165) is 27.8 Å². The smallest absolute Gasteiger partial charge is 0.407 e. The molecule has 9 heteroatoms. The second-order valence-electron chi connectivity index (χ2n) is 11.0. The van der Waals surface area contributed by atoms with Crippen LogP contribution in [0.25, 0.3) is 11.1 Å². The standard InChI is InChI=1S/C36H35N3O6/c1-2-43-35(41)32-22-33(39(45-32)25-15-7-4-8-16-25)38-34(40)31(21-24-13-5-3-6-14-24)37-36(42)44-23-30-28-19-11-9-17-26(28)27-18-10-12-20-29(27)30/h3-20,30-33H,2,21-23H2,1H3,(H,37,42)(H,38,40)/t31-,32+,33-/m0/s1. The number of rotatable bonds is 10. The maximum absolute atomic E-state index is 13.8. The lowest BCUT2D eigenvalue weighted by Gasteiger charge is -2.27. The summed E-state index contributed by atoms with van der Waals surface area (Å²) in [5, 5.41) is 7.29. The highest BCUT2D eigenvalue weighted by Gasteiger charge is 2.41. The molecule has 4 aromatic rings. The molecule has 0 saturated carbocycles. The summed E-state index contributed by atoms with van der Waals surface area (Å²) in [6, 6.07) is 33.9. The lowest BCUT2D eigenvalue weighted by atomic mass is 9.98. The van der Waals surface area contributed by atoms with E-state index in [9.17, 15) is 14.4 Å². The van der Waals surface area contributed by atoms with Gasteiger partial charge in [-0.15, -0.1) is 0 Å². The van der Waals surface area contributed by atoms with Crippen molar-refractivity contribution in [3.63, 3.8) is 0 Å². The molecule has 6 rings (SSSR count). The van der Waals surface area contributed by atoms with Crippen molar-refractivity contribution in [3.05, 3.63) is 126 Å². The molecule has 45 heavy (non-hydrogen) atoms. The molecule has 2 aliphatic rings. The van der Waals surface area contributed by atoms with Crippen molar-refractivity contribution < 1.29 is 28.7 Å². The first-order valence-corrected chi connectivity index (χ1v) is 15.1. The fourth-order valence-corrected chi connectivity index (χ4v) is 5.97. The zero-order chi connectivity index (χ0) is 31.2. The summed E-state index contributed by atoms with van der Waals surface area (Å²) in [5.74, 6) is -1.06. The Balaban J connectivity index is 1.17. The van der Waals surface area contributed by atoms with E-state index in [0.29, 0.717) is 5.69 Å². The number of hydroxylamine groups is 1. The van der Waals surface area contributed by atoms with Crippen molar-refractivity contribution in [2.75, 3.05) is 18.3 Å². The van der Waals surface area contributed by atoms with Crippen LogP contribution in [0.1, 0.15) is 36.0 Å². The minimum Gasteiger partial charge on any atom is -0.464 e. The minimum atomic E-state index is -0.956. The second kappa shape index (κ2) is 13.7. The second-order valence-corrected chi connectivity index (χ2v) is 11.0. The van der Waals surface area contributed by atoms with Gasteiger partial charge >= 0.3 is 12.1 Å². The largest absolute Gasteiger partial charge is 0.464 e. The molecule has 1 aliphatic carbocycles. The molecule has 3 atom stereocenters. The number of carbonyl (C=O) groups excluding carboxylic acids is 3. The minimum absolute atomic E-state index is 0.112. The Morgan fingerprint density at radius 1 is 0.822 bits per heavy atom. The highest BCUT2D eigenvalue weighted by molar-refractivity contribution is 5.87. The van der Waals surface area contributed by atoms with E-state index in [1.165, 1.54) is 5.06 Å². The zero-order valence-electron chi connectivity index (χ0n) is 24.9. The molecule has 230 valence electrons. The SMILES string of the molecule is CCOC(=O)[C@H]1C[C@@H](NC(=O)[C@H](Cc2ccccc2)NC(=O)OCC2c3ccccc3-c3ccccc32)N(c2ccccc2)O1. The van der Waals surface area contributed by atoms with Crippen LogP contribution in [-0.4, -0.2) is 49.5 Å². The molecular weight excluding hydrogens is 570 g/mol. The third-order valence-electron chi connectivity index (χ3n) is 8.07. The predicted octanol–water partition coefficient (Wildman–Crippen LogP) is 5.35. The van der Waals surface area contributed by atoms with E-state index in [4.69, 9.17) is 14.3 Å². The van der Waals surface area contributed by atoms with E-state index in [2.05, 4.69) is 34.9 Å². The number of fused-ring (bicyclic) bond motifs is 3. The average Bonchev–Trinajstić information content (AvgIpc) is 3.64. The average molecular weight is 606 g/mol. The van der Waals surface area contributed by atoms with Crippen molar-refractivity contribution in [1.82, 2.24) is 10.6 Å². The summed E-state index contributed by atoms with van der Waals surface area (Å²) in [7, 11) is 0. The number of anilines is 1. The molecule has 0 aromatic heterocycles. The van der Waals surface area contributed by atoms with E-state index < -0.39 is 36.3 Å². The van der Waals surface area contributed by atoms with E-state index in [-0.39, 0.29) is 32.0 Å². The molecule has 9 nitrogen and oxygen atoms in total. The lowest BCUT2D eigenvalue weighted by Crippen LogP contribution is -2.53. The van der Waals surface area contributed by atoms with Gasteiger partial charge in [-0.25, -0.2) is 14.7 Å². The predicted molar refractivity (Wildman–Crippen MR) is 169 cm³/mol. The Morgan fingerprint density at radius 3 is 2.07 bits per heavy atom. The molecule has 2 N–H and O–H groups in total. The van der Waals surface area contributed by atoms with Crippen molar-refractivity contribution in [2.45, 2.75) is 44.0 Å². The Bertz CT molecular complexity index is 1600. The molecule has 2 amide bonds. The van der Waals surface area contributed by atoms with Crippen LogP contribution in [0.15, 0.2) is 109 Å². The molecule has 0 unspecified atom stereocenters. The van der Waals surface area contributed by atoms with E-state index in [1.807, 2.05) is 84.9 Å². The Morgan fingerprint density at radius 2 is 1.42 bits per heavy atom. The van der Waals surface area contributed by atoms with Crippen molar-refractivity contribution in [3.8, 4) is 11.1 Å². The van der Waals surface area contributed by atoms with Gasteiger partial charge in [0.05, 0.1) is 12.3 Å². The first-order valence-electron chi connectivity index (χ1n) is 15.1. The molecule has 1 heterocycles. The topological polar surface area (TPSA) is 106 Å². The van der Waals surface area contributed by atoms with Gasteiger partial charge in [0.1, 0.15) is 18.8 Å². The maximum Gasteiger partial charge on any atom is 0.407 e. The van der Waals surface area contributed by atoms with E-state index in [1.54, 1.807) is 6.92 Å². The van der Waals surface area contributed by atoms with Gasteiger partial charge in [0.25, 0.3) is 0 Å². The van der Waals surface area contributed by atoms with Crippen LogP contribution in [0.4, 0.5) is 10.5 Å². The molecule has 0 spiro atoms. The fraction of sp³-hybridized carbons (Fsp3) is 0.250. The number of carbonyl (C=O) groups is 3. The lowest BCUT2D eigenvalue weighted by molar-refractivity contribution is -0.154. The highest BCUT2D eigenvalue weighted by atomic mass is 16.7. The Kier molecular flexibility index (Phi) is 9.07. The number of ether oxygens (including phenoxy) is 2. The molecule has 1 saturated heterocycles. The van der Waals surface area contributed by atoms with Crippen LogP contribution < -0.4 is 15.7 Å². The molecule has 0 bridgehead atoms. The quantitative estimate of drug-likeness (QED) is 0.235. The van der Waals surface area contributed by atoms with Gasteiger partial charge in [-0.1, -0.05) is 97.1 Å². The number of esters is 1. The molecular formula is C36H35N3O6. The van der Waals surface area contributed by atoms with E-state index >= 15 is 0 Å². The van der Waals surface area contributed by atoms with Crippen LogP contribution in [0, 0.1) is 0 Å². The number of hydrogen-bond donors (Lipinski definition) is 2. The van der Waals surface area contributed by atoms with Crippen molar-refractivity contribution >= 4 is 23.7 Å². The summed E-state index contributed by atoms with van der Waals surface area (Å²) in [6.45, 7) is 2.06. The van der Waals surface area contributed by atoms with Gasteiger partial charge in [-0.2, -0.15) is 0 Å². The van der Waals surface area contributed by atoms with Crippen LogP contribution in [0.2, 0.25) is 0 Å². The van der Waals surface area contributed by atoms with Gasteiger partial charge in [0.2, 0.25) is 5.91 Å². The molecule has 4 aromatic carbocycles. The zero-order valence-corrected chi connectivity index (χ0v) is 24.9. The fourth-order valence-electron chi connectivity index (χ4n) is 5.97. The van der Waals surface area contributed by atoms with Gasteiger partial charge < -0.3 is 20.1 Å². The van der Waals surface area contributed by atoms with Crippen LogP contribution >= 0.6 is 0 Å². The Hall–Kier alpha value is -5.15. The number of para-hydroxylation sites is 1. The summed E-state index contributed by atoms with van der Waals surface area (Å²) < 4.78 is 10.9. The van der Waals surface area contributed by atoms with Crippen molar-refractivity contribution in [2.24, 2.45) is 0 Å². The summed E-state index contributed by atoms with van der Waals surface area (Å²) in [5.41, 5.74) is 5.99. The number of nitrogens with one attached hydrogen (secondary N) is 2. The number of nitrogens with zero attached hydrogens (tertiary/aromatic N) is 1. The van der Waals surface area contributed by atoms with Gasteiger partial charge in [0.15, 0.2) is 6.10 Å². The first-order chi connectivity index (χ1) is 22.0. The molecule has 1 aliphatic heterocycles. The number of amides is 2. The third-order valence-corrected chi connectivity index (χ3v) is 8.07.